The Morgan fingerprint density at radius 3 is 3.00 bits per heavy atom. The van der Waals surface area contributed by atoms with Crippen molar-refractivity contribution < 1.29 is 4.74 Å². The number of ether oxygens (including phenoxy) is 1. The molecule has 5 heteroatoms. The van der Waals surface area contributed by atoms with Crippen LogP contribution in [0.4, 0.5) is 5.82 Å². The number of rotatable bonds is 4. The zero-order valence-electron chi connectivity index (χ0n) is 9.72. The third-order valence-corrected chi connectivity index (χ3v) is 2.70. The molecule has 1 aliphatic heterocycles. The molecule has 0 amide bonds. The first-order valence-corrected chi connectivity index (χ1v) is 5.79. The second-order valence-electron chi connectivity index (χ2n) is 3.90. The van der Waals surface area contributed by atoms with E-state index in [1.54, 1.807) is 6.07 Å². The summed E-state index contributed by atoms with van der Waals surface area (Å²) >= 11 is 0. The molecule has 0 atom stereocenters. The van der Waals surface area contributed by atoms with Crippen LogP contribution < -0.4 is 5.32 Å². The molecule has 0 unspecified atom stereocenters. The van der Waals surface area contributed by atoms with Crippen LogP contribution in [-0.4, -0.2) is 49.3 Å². The summed E-state index contributed by atoms with van der Waals surface area (Å²) in [4.78, 5) is 6.51. The maximum atomic E-state index is 8.73. The topological polar surface area (TPSA) is 61.2 Å². The first-order chi connectivity index (χ1) is 8.38. The van der Waals surface area contributed by atoms with Gasteiger partial charge in [-0.3, -0.25) is 4.90 Å². The second-order valence-corrected chi connectivity index (χ2v) is 3.90. The van der Waals surface area contributed by atoms with Crippen molar-refractivity contribution in [3.8, 4) is 6.07 Å². The van der Waals surface area contributed by atoms with Gasteiger partial charge in [-0.05, 0) is 12.1 Å². The molecule has 1 N–H and O–H groups in total. The molecule has 0 saturated carbocycles. The van der Waals surface area contributed by atoms with Crippen LogP contribution in [-0.2, 0) is 4.74 Å². The van der Waals surface area contributed by atoms with E-state index in [0.29, 0.717) is 5.69 Å². The molecule has 0 spiro atoms. The highest BCUT2D eigenvalue weighted by Crippen LogP contribution is 2.03. The summed E-state index contributed by atoms with van der Waals surface area (Å²) in [7, 11) is 0. The Hall–Kier alpha value is -1.64. The zero-order chi connectivity index (χ0) is 11.9. The molecule has 0 aromatic carbocycles. The molecule has 1 aliphatic rings. The van der Waals surface area contributed by atoms with Gasteiger partial charge >= 0.3 is 0 Å². The fourth-order valence-electron chi connectivity index (χ4n) is 1.76. The molecule has 17 heavy (non-hydrogen) atoms. The molecular weight excluding hydrogens is 216 g/mol. The maximum Gasteiger partial charge on any atom is 0.142 e. The van der Waals surface area contributed by atoms with Gasteiger partial charge in [-0.15, -0.1) is 0 Å². The number of nitriles is 1. The molecule has 2 heterocycles. The standard InChI is InChI=1S/C12H16N4O/c13-10-11-2-1-3-12(15-11)14-4-5-16-6-8-17-9-7-16/h1-3H,4-9H2,(H,14,15). The van der Waals surface area contributed by atoms with Crippen molar-refractivity contribution in [1.29, 1.82) is 5.26 Å². The molecular formula is C12H16N4O. The zero-order valence-corrected chi connectivity index (χ0v) is 9.72. The smallest absolute Gasteiger partial charge is 0.142 e. The molecule has 1 aromatic heterocycles. The number of nitrogens with zero attached hydrogens (tertiary/aromatic N) is 3. The fourth-order valence-corrected chi connectivity index (χ4v) is 1.76. The van der Waals surface area contributed by atoms with Crippen LogP contribution in [0, 0.1) is 11.3 Å². The Morgan fingerprint density at radius 1 is 1.41 bits per heavy atom. The van der Waals surface area contributed by atoms with Crippen LogP contribution in [0.25, 0.3) is 0 Å². The summed E-state index contributed by atoms with van der Waals surface area (Å²) in [6.07, 6.45) is 0. The molecule has 0 radical (unpaired) electrons. The third kappa shape index (κ3) is 3.70. The lowest BCUT2D eigenvalue weighted by Crippen LogP contribution is -2.39. The summed E-state index contributed by atoms with van der Waals surface area (Å²) < 4.78 is 5.28. The van der Waals surface area contributed by atoms with Crippen molar-refractivity contribution in [3.05, 3.63) is 23.9 Å². The van der Waals surface area contributed by atoms with Gasteiger partial charge in [0.15, 0.2) is 0 Å². The average Bonchev–Trinajstić information content (AvgIpc) is 2.40. The molecule has 0 aliphatic carbocycles. The van der Waals surface area contributed by atoms with Crippen molar-refractivity contribution in [2.45, 2.75) is 0 Å². The summed E-state index contributed by atoms with van der Waals surface area (Å²) in [6.45, 7) is 5.44. The lowest BCUT2D eigenvalue weighted by molar-refractivity contribution is 0.0398. The monoisotopic (exact) mass is 232 g/mol. The van der Waals surface area contributed by atoms with Crippen molar-refractivity contribution in [2.75, 3.05) is 44.7 Å². The van der Waals surface area contributed by atoms with Crippen LogP contribution in [0.3, 0.4) is 0 Å². The predicted octanol–water partition coefficient (Wildman–Crippen LogP) is 0.697. The van der Waals surface area contributed by atoms with Crippen LogP contribution in [0.15, 0.2) is 18.2 Å². The molecule has 1 aromatic rings. The van der Waals surface area contributed by atoms with Crippen molar-refractivity contribution >= 4 is 5.82 Å². The van der Waals surface area contributed by atoms with Gasteiger partial charge in [0.1, 0.15) is 17.6 Å². The number of morpholine rings is 1. The number of pyridine rings is 1. The Balaban J connectivity index is 1.75. The quantitative estimate of drug-likeness (QED) is 0.828. The van der Waals surface area contributed by atoms with Crippen molar-refractivity contribution in [3.63, 3.8) is 0 Å². The highest BCUT2D eigenvalue weighted by molar-refractivity contribution is 5.38. The largest absolute Gasteiger partial charge is 0.379 e. The van der Waals surface area contributed by atoms with E-state index in [-0.39, 0.29) is 0 Å². The van der Waals surface area contributed by atoms with Gasteiger partial charge in [0.05, 0.1) is 13.2 Å². The number of hydrogen-bond donors (Lipinski definition) is 1. The second kappa shape index (κ2) is 6.18. The van der Waals surface area contributed by atoms with E-state index in [0.717, 1.165) is 45.2 Å². The highest BCUT2D eigenvalue weighted by Gasteiger charge is 2.09. The molecule has 1 saturated heterocycles. The van der Waals surface area contributed by atoms with E-state index in [1.165, 1.54) is 0 Å². The van der Waals surface area contributed by atoms with Crippen molar-refractivity contribution in [2.24, 2.45) is 0 Å². The maximum absolute atomic E-state index is 8.73. The summed E-state index contributed by atoms with van der Waals surface area (Å²) in [5, 5.41) is 12.0. The Bertz CT molecular complexity index is 396. The summed E-state index contributed by atoms with van der Waals surface area (Å²) in [5.74, 6) is 0.761. The molecule has 0 bridgehead atoms. The molecule has 1 fully saturated rings. The summed E-state index contributed by atoms with van der Waals surface area (Å²) in [5.41, 5.74) is 0.446. The van der Waals surface area contributed by atoms with Crippen molar-refractivity contribution in [1.82, 2.24) is 9.88 Å². The first-order valence-electron chi connectivity index (χ1n) is 5.79. The van der Waals surface area contributed by atoms with Gasteiger partial charge in [-0.25, -0.2) is 4.98 Å². The minimum atomic E-state index is 0.446. The van der Waals surface area contributed by atoms with Gasteiger partial charge in [-0.1, -0.05) is 6.07 Å². The van der Waals surface area contributed by atoms with E-state index in [9.17, 15) is 0 Å². The number of hydrogen-bond acceptors (Lipinski definition) is 5. The Morgan fingerprint density at radius 2 is 2.24 bits per heavy atom. The highest BCUT2D eigenvalue weighted by atomic mass is 16.5. The van der Waals surface area contributed by atoms with Gasteiger partial charge in [-0.2, -0.15) is 5.26 Å². The third-order valence-electron chi connectivity index (χ3n) is 2.70. The SMILES string of the molecule is N#Cc1cccc(NCCN2CCOCC2)n1. The molecule has 90 valence electrons. The normalized spacial score (nSPS) is 16.4. The number of anilines is 1. The predicted molar refractivity (Wildman–Crippen MR) is 64.7 cm³/mol. The van der Waals surface area contributed by atoms with E-state index >= 15 is 0 Å². The van der Waals surface area contributed by atoms with Crippen LogP contribution in [0.1, 0.15) is 5.69 Å². The average molecular weight is 232 g/mol. The van der Waals surface area contributed by atoms with Gasteiger partial charge in [0.25, 0.3) is 0 Å². The Labute approximate surface area is 101 Å². The lowest BCUT2D eigenvalue weighted by Gasteiger charge is -2.26. The number of nitrogens with one attached hydrogen (secondary N) is 1. The van der Waals surface area contributed by atoms with Gasteiger partial charge in [0.2, 0.25) is 0 Å². The molecule has 2 rings (SSSR count). The first kappa shape index (κ1) is 11.8. The lowest BCUT2D eigenvalue weighted by atomic mass is 10.3. The minimum Gasteiger partial charge on any atom is -0.379 e. The van der Waals surface area contributed by atoms with Crippen LogP contribution >= 0.6 is 0 Å². The summed E-state index contributed by atoms with van der Waals surface area (Å²) in [6, 6.07) is 7.44. The van der Waals surface area contributed by atoms with E-state index in [1.807, 2.05) is 18.2 Å². The van der Waals surface area contributed by atoms with E-state index in [2.05, 4.69) is 15.2 Å². The molecule has 5 nitrogen and oxygen atoms in total. The number of aromatic nitrogens is 1. The van der Waals surface area contributed by atoms with Crippen LogP contribution in [0.5, 0.6) is 0 Å². The minimum absolute atomic E-state index is 0.446. The van der Waals surface area contributed by atoms with Gasteiger partial charge < -0.3 is 10.1 Å². The Kier molecular flexibility index (Phi) is 4.30. The van der Waals surface area contributed by atoms with Gasteiger partial charge in [0, 0.05) is 26.2 Å². The fraction of sp³-hybridized carbons (Fsp3) is 0.500. The van der Waals surface area contributed by atoms with E-state index in [4.69, 9.17) is 10.00 Å². The van der Waals surface area contributed by atoms with E-state index < -0.39 is 0 Å². The van der Waals surface area contributed by atoms with Crippen LogP contribution in [0.2, 0.25) is 0 Å².